The van der Waals surface area contributed by atoms with E-state index in [1.807, 2.05) is 0 Å². The fourth-order valence-corrected chi connectivity index (χ4v) is 5.61. The molecule has 7 nitrogen and oxygen atoms in total. The minimum absolute atomic E-state index is 0.0823. The molecule has 8 rings (SSSR count). The molecule has 2 saturated heterocycles. The van der Waals surface area contributed by atoms with E-state index in [1.165, 1.54) is 6.07 Å². The summed E-state index contributed by atoms with van der Waals surface area (Å²) in [5.74, 6) is -1.24. The van der Waals surface area contributed by atoms with Crippen molar-refractivity contribution in [3.8, 4) is 11.5 Å². The number of hydrogen-bond acceptors (Lipinski definition) is 7. The molecule has 2 fully saturated rings. The van der Waals surface area contributed by atoms with Crippen molar-refractivity contribution in [1.29, 1.82) is 0 Å². The first-order valence-electron chi connectivity index (χ1n) is 8.87. The van der Waals surface area contributed by atoms with E-state index < -0.39 is 35.8 Å². The molecule has 2 aromatic carbocycles. The fourth-order valence-electron chi connectivity index (χ4n) is 5.61. The summed E-state index contributed by atoms with van der Waals surface area (Å²) in [6, 6.07) is 8.56. The molecule has 2 aromatic rings. The van der Waals surface area contributed by atoms with Crippen LogP contribution < -0.4 is 4.74 Å². The predicted molar refractivity (Wildman–Crippen MR) is 84.7 cm³/mol. The molecule has 6 atom stereocenters. The maximum atomic E-state index is 12.8. The first-order valence-corrected chi connectivity index (χ1v) is 8.87. The van der Waals surface area contributed by atoms with Gasteiger partial charge in [0, 0.05) is 22.3 Å². The predicted octanol–water partition coefficient (Wildman–Crippen LogP) is 1.14. The maximum absolute atomic E-state index is 12.8. The Morgan fingerprint density at radius 2 is 1.74 bits per heavy atom. The average Bonchev–Trinajstić information content (AvgIpc) is 3.56. The highest BCUT2D eigenvalue weighted by Gasteiger charge is 2.81. The third-order valence-electron chi connectivity index (χ3n) is 6.69. The van der Waals surface area contributed by atoms with Crippen molar-refractivity contribution in [1.82, 2.24) is 0 Å². The van der Waals surface area contributed by atoms with E-state index in [1.54, 1.807) is 24.3 Å². The quantitative estimate of drug-likeness (QED) is 0.702. The van der Waals surface area contributed by atoms with Crippen molar-refractivity contribution >= 4 is 11.6 Å². The van der Waals surface area contributed by atoms with Gasteiger partial charge < -0.3 is 24.1 Å². The molecule has 7 heteroatoms. The summed E-state index contributed by atoms with van der Waals surface area (Å²) in [5, 5.41) is 10.4. The van der Waals surface area contributed by atoms with E-state index >= 15 is 0 Å². The minimum atomic E-state index is -1.31. The second kappa shape index (κ2) is 3.52. The normalized spacial score (nSPS) is 42.5. The lowest BCUT2D eigenvalue weighted by molar-refractivity contribution is -0.262. The van der Waals surface area contributed by atoms with Crippen LogP contribution in [-0.2, 0) is 25.6 Å². The van der Waals surface area contributed by atoms with Crippen LogP contribution >= 0.6 is 0 Å². The van der Waals surface area contributed by atoms with Gasteiger partial charge in [0.05, 0.1) is 5.56 Å². The molecule has 2 aliphatic carbocycles. The summed E-state index contributed by atoms with van der Waals surface area (Å²) in [4.78, 5) is 25.5. The maximum Gasteiger partial charge on any atom is 0.269 e. The van der Waals surface area contributed by atoms with Crippen LogP contribution in [0.15, 0.2) is 30.3 Å². The van der Waals surface area contributed by atoms with Crippen molar-refractivity contribution in [3.05, 3.63) is 58.1 Å². The van der Waals surface area contributed by atoms with Crippen LogP contribution in [-0.4, -0.2) is 41.1 Å². The third-order valence-corrected chi connectivity index (χ3v) is 6.69. The van der Waals surface area contributed by atoms with E-state index in [-0.39, 0.29) is 22.9 Å². The molecular formula is C20H10O7. The molecule has 0 radical (unpaired) electrons. The highest BCUT2D eigenvalue weighted by molar-refractivity contribution is 6.09. The van der Waals surface area contributed by atoms with Gasteiger partial charge in [0.25, 0.3) is 5.79 Å². The smallest absolute Gasteiger partial charge is 0.269 e. The first kappa shape index (κ1) is 13.4. The molecule has 27 heavy (non-hydrogen) atoms. The Bertz CT molecular complexity index is 1190. The highest BCUT2D eigenvalue weighted by Crippen LogP contribution is 2.70. The standard InChI is InChI=1S/C20H10O7/c21-8-5-4-7-12-10(8)14(23)16-18(25-16)20(12)26-9-3-1-2-6-11(9)19(7,27-20)17-15(24-17)13(6)22/h1-5,15-18,21H. The molecule has 1 N–H and O–H groups in total. The van der Waals surface area contributed by atoms with Gasteiger partial charge in [-0.1, -0.05) is 18.2 Å². The molecule has 0 saturated carbocycles. The van der Waals surface area contributed by atoms with Gasteiger partial charge >= 0.3 is 0 Å². The molecule has 0 aromatic heterocycles. The first-order chi connectivity index (χ1) is 13.1. The van der Waals surface area contributed by atoms with Gasteiger partial charge in [-0.25, -0.2) is 0 Å². The number of rotatable bonds is 0. The third kappa shape index (κ3) is 1.11. The van der Waals surface area contributed by atoms with E-state index in [0.717, 1.165) is 0 Å². The SMILES string of the molecule is O=C1c2c(O)ccc3c2C2(Oc4cccc5c4C3(O2)C2OC2C5=O)C2OC12. The molecule has 6 unspecified atom stereocenters. The largest absolute Gasteiger partial charge is 0.507 e. The number of fused-ring (bicyclic) bond motifs is 2. The van der Waals surface area contributed by atoms with E-state index in [2.05, 4.69) is 0 Å². The van der Waals surface area contributed by atoms with Crippen LogP contribution in [0.25, 0.3) is 0 Å². The zero-order valence-corrected chi connectivity index (χ0v) is 13.6. The van der Waals surface area contributed by atoms with Crippen LogP contribution in [0, 0.1) is 0 Å². The summed E-state index contributed by atoms with van der Waals surface area (Å²) in [7, 11) is 0. The molecule has 6 aliphatic rings. The van der Waals surface area contributed by atoms with Crippen molar-refractivity contribution in [3.63, 3.8) is 0 Å². The number of carbonyl (C=O) groups is 2. The monoisotopic (exact) mass is 362 g/mol. The van der Waals surface area contributed by atoms with Crippen LogP contribution in [0.1, 0.15) is 37.4 Å². The number of benzene rings is 2. The summed E-state index contributed by atoms with van der Waals surface area (Å²) >= 11 is 0. The number of ketones is 2. The Kier molecular flexibility index (Phi) is 1.75. The fraction of sp³-hybridized carbons (Fsp3) is 0.300. The number of aromatic hydroxyl groups is 1. The molecule has 2 bridgehead atoms. The zero-order valence-electron chi connectivity index (χ0n) is 13.6. The van der Waals surface area contributed by atoms with E-state index in [9.17, 15) is 14.7 Å². The number of epoxide rings is 2. The van der Waals surface area contributed by atoms with Crippen molar-refractivity contribution in [2.24, 2.45) is 0 Å². The molecule has 4 aliphatic heterocycles. The number of ether oxygens (including phenoxy) is 4. The minimum Gasteiger partial charge on any atom is -0.507 e. The van der Waals surface area contributed by atoms with Crippen LogP contribution in [0.2, 0.25) is 0 Å². The summed E-state index contributed by atoms with van der Waals surface area (Å²) in [5.41, 5.74) is 1.53. The Labute approximate surface area is 151 Å². The van der Waals surface area contributed by atoms with E-state index in [4.69, 9.17) is 18.9 Å². The van der Waals surface area contributed by atoms with Crippen molar-refractivity contribution < 1.29 is 33.6 Å². The number of phenolic OH excluding ortho intramolecular Hbond substituents is 1. The molecule has 0 amide bonds. The highest BCUT2D eigenvalue weighted by atomic mass is 16.8. The van der Waals surface area contributed by atoms with Gasteiger partial charge in [0.1, 0.15) is 17.6 Å². The summed E-state index contributed by atoms with van der Waals surface area (Å²) < 4.78 is 24.3. The van der Waals surface area contributed by atoms with Crippen LogP contribution in [0.5, 0.6) is 11.5 Å². The number of Topliss-reactive ketones (excluding diaryl/α,β-unsaturated/α-hetero) is 2. The molecule has 2 spiro atoms. The topological polar surface area (TPSA) is 97.9 Å². The lowest BCUT2D eigenvalue weighted by Crippen LogP contribution is -2.53. The summed E-state index contributed by atoms with van der Waals surface area (Å²) in [6.45, 7) is 0. The van der Waals surface area contributed by atoms with E-state index in [0.29, 0.717) is 28.0 Å². The second-order valence-corrected chi connectivity index (χ2v) is 7.85. The molecule has 132 valence electrons. The van der Waals surface area contributed by atoms with Gasteiger partial charge in [-0.05, 0) is 12.1 Å². The second-order valence-electron chi connectivity index (χ2n) is 7.85. The number of carbonyl (C=O) groups excluding carboxylic acids is 2. The van der Waals surface area contributed by atoms with Crippen molar-refractivity contribution in [2.75, 3.05) is 0 Å². The number of phenols is 1. The average molecular weight is 362 g/mol. The van der Waals surface area contributed by atoms with Crippen LogP contribution in [0.4, 0.5) is 0 Å². The Hall–Kier alpha value is -2.74. The van der Waals surface area contributed by atoms with Crippen molar-refractivity contribution in [2.45, 2.75) is 35.8 Å². The Morgan fingerprint density at radius 3 is 2.63 bits per heavy atom. The Balaban J connectivity index is 1.58. The van der Waals surface area contributed by atoms with Crippen LogP contribution in [0.3, 0.4) is 0 Å². The molecule has 4 heterocycles. The van der Waals surface area contributed by atoms with Gasteiger partial charge in [-0.15, -0.1) is 0 Å². The lowest BCUT2D eigenvalue weighted by Gasteiger charge is -2.43. The van der Waals surface area contributed by atoms with Gasteiger partial charge in [-0.3, -0.25) is 9.59 Å². The summed E-state index contributed by atoms with van der Waals surface area (Å²) in [6.07, 6.45) is -2.33. The van der Waals surface area contributed by atoms with Gasteiger partial charge in [0.2, 0.25) is 0 Å². The Morgan fingerprint density at radius 1 is 0.926 bits per heavy atom. The van der Waals surface area contributed by atoms with Gasteiger partial charge in [-0.2, -0.15) is 0 Å². The van der Waals surface area contributed by atoms with Gasteiger partial charge in [0.15, 0.2) is 35.5 Å². The molecular weight excluding hydrogens is 352 g/mol. The number of hydrogen-bond donors (Lipinski definition) is 1. The zero-order chi connectivity index (χ0) is 17.9. The lowest BCUT2D eigenvalue weighted by atomic mass is 9.73.